The Morgan fingerprint density at radius 1 is 1.24 bits per heavy atom. The summed E-state index contributed by atoms with van der Waals surface area (Å²) in [5.41, 5.74) is 0.986. The van der Waals surface area contributed by atoms with Gasteiger partial charge in [-0.25, -0.2) is 14.8 Å². The third-order valence-corrected chi connectivity index (χ3v) is 4.38. The molecule has 0 aliphatic carbocycles. The van der Waals surface area contributed by atoms with Gasteiger partial charge in [0.1, 0.15) is 18.0 Å². The summed E-state index contributed by atoms with van der Waals surface area (Å²) in [5, 5.41) is 9.41. The number of pyridine rings is 1. The van der Waals surface area contributed by atoms with Gasteiger partial charge in [-0.3, -0.25) is 5.10 Å². The Balaban J connectivity index is 1.48. The van der Waals surface area contributed by atoms with Crippen molar-refractivity contribution < 1.29 is 4.79 Å². The fraction of sp³-hybridized carbons (Fsp3) is 0.529. The molecule has 0 saturated carbocycles. The first-order valence-electron chi connectivity index (χ1n) is 8.75. The summed E-state index contributed by atoms with van der Waals surface area (Å²) in [6.45, 7) is 3.00. The number of hydrogen-bond acceptors (Lipinski definition) is 5. The van der Waals surface area contributed by atoms with Crippen LogP contribution in [0.1, 0.15) is 37.1 Å². The number of rotatable bonds is 5. The van der Waals surface area contributed by atoms with Gasteiger partial charge in [-0.2, -0.15) is 5.10 Å². The zero-order chi connectivity index (χ0) is 17.5. The summed E-state index contributed by atoms with van der Waals surface area (Å²) in [6.07, 6.45) is 8.36. The van der Waals surface area contributed by atoms with Crippen LogP contribution in [-0.4, -0.2) is 51.2 Å². The Morgan fingerprint density at radius 3 is 2.68 bits per heavy atom. The Morgan fingerprint density at radius 2 is 2.04 bits per heavy atom. The lowest BCUT2D eigenvalue weighted by Gasteiger charge is -2.21. The van der Waals surface area contributed by atoms with E-state index in [1.165, 1.54) is 32.0 Å². The molecule has 25 heavy (non-hydrogen) atoms. The second-order valence-electron chi connectivity index (χ2n) is 6.37. The van der Waals surface area contributed by atoms with Crippen LogP contribution in [0.15, 0.2) is 24.7 Å². The van der Waals surface area contributed by atoms with E-state index in [1.54, 1.807) is 11.9 Å². The molecule has 2 amide bonds. The third kappa shape index (κ3) is 4.91. The SMILES string of the molecule is CN(Cc1ncn[nH]1)C(=O)NCc1ccc(N2CCCCCC2)nc1. The molecule has 1 saturated heterocycles. The Hall–Kier alpha value is -2.64. The number of aromatic nitrogens is 4. The summed E-state index contributed by atoms with van der Waals surface area (Å²) < 4.78 is 0. The fourth-order valence-electron chi connectivity index (χ4n) is 2.92. The molecular formula is C17H25N7O. The van der Waals surface area contributed by atoms with Gasteiger partial charge in [0.2, 0.25) is 0 Å². The first-order valence-corrected chi connectivity index (χ1v) is 8.75. The number of carbonyl (C=O) groups is 1. The van der Waals surface area contributed by atoms with Gasteiger partial charge in [0, 0.05) is 32.9 Å². The molecule has 1 aliphatic rings. The summed E-state index contributed by atoms with van der Waals surface area (Å²) >= 11 is 0. The highest BCUT2D eigenvalue weighted by molar-refractivity contribution is 5.73. The molecule has 2 N–H and O–H groups in total. The van der Waals surface area contributed by atoms with Gasteiger partial charge in [0.25, 0.3) is 0 Å². The lowest BCUT2D eigenvalue weighted by Crippen LogP contribution is -2.36. The van der Waals surface area contributed by atoms with E-state index in [-0.39, 0.29) is 6.03 Å². The van der Waals surface area contributed by atoms with E-state index >= 15 is 0 Å². The van der Waals surface area contributed by atoms with Crippen molar-refractivity contribution in [3.8, 4) is 0 Å². The van der Waals surface area contributed by atoms with Crippen LogP contribution < -0.4 is 10.2 Å². The molecule has 1 aliphatic heterocycles. The van der Waals surface area contributed by atoms with Crippen molar-refractivity contribution in [2.24, 2.45) is 0 Å². The molecule has 0 unspecified atom stereocenters. The van der Waals surface area contributed by atoms with Crippen LogP contribution in [0.5, 0.6) is 0 Å². The Kier molecular flexibility index (Phi) is 5.81. The van der Waals surface area contributed by atoms with E-state index in [4.69, 9.17) is 0 Å². The molecule has 0 aromatic carbocycles. The quantitative estimate of drug-likeness (QED) is 0.866. The van der Waals surface area contributed by atoms with Crippen molar-refractivity contribution in [2.75, 3.05) is 25.0 Å². The maximum Gasteiger partial charge on any atom is 0.317 e. The third-order valence-electron chi connectivity index (χ3n) is 4.38. The second-order valence-corrected chi connectivity index (χ2v) is 6.37. The highest BCUT2D eigenvalue weighted by Crippen LogP contribution is 2.17. The van der Waals surface area contributed by atoms with Gasteiger partial charge >= 0.3 is 6.03 Å². The predicted molar refractivity (Wildman–Crippen MR) is 95.0 cm³/mol. The first kappa shape index (κ1) is 17.2. The zero-order valence-electron chi connectivity index (χ0n) is 14.6. The number of H-pyrrole nitrogens is 1. The summed E-state index contributed by atoms with van der Waals surface area (Å²) in [5.74, 6) is 1.68. The van der Waals surface area contributed by atoms with Gasteiger partial charge in [-0.05, 0) is 24.5 Å². The monoisotopic (exact) mass is 343 g/mol. The number of nitrogens with one attached hydrogen (secondary N) is 2. The van der Waals surface area contributed by atoms with Crippen LogP contribution in [0.2, 0.25) is 0 Å². The van der Waals surface area contributed by atoms with Crippen LogP contribution in [0.25, 0.3) is 0 Å². The molecule has 0 bridgehead atoms. The topological polar surface area (TPSA) is 90.0 Å². The Labute approximate surface area is 147 Å². The van der Waals surface area contributed by atoms with Crippen molar-refractivity contribution in [1.82, 2.24) is 30.4 Å². The van der Waals surface area contributed by atoms with Crippen molar-refractivity contribution in [2.45, 2.75) is 38.8 Å². The molecular weight excluding hydrogens is 318 g/mol. The van der Waals surface area contributed by atoms with E-state index in [0.29, 0.717) is 18.9 Å². The molecule has 0 atom stereocenters. The number of nitrogens with zero attached hydrogens (tertiary/aromatic N) is 5. The minimum absolute atomic E-state index is 0.159. The number of carbonyl (C=O) groups excluding carboxylic acids is 1. The van der Waals surface area contributed by atoms with Crippen LogP contribution in [-0.2, 0) is 13.1 Å². The molecule has 134 valence electrons. The van der Waals surface area contributed by atoms with Crippen LogP contribution in [0, 0.1) is 0 Å². The molecule has 2 aromatic heterocycles. The standard InChI is InChI=1S/C17H25N7O/c1-23(12-15-20-13-21-22-15)17(25)19-11-14-6-7-16(18-10-14)24-8-4-2-3-5-9-24/h6-7,10,13H,2-5,8-9,11-12H2,1H3,(H,19,25)(H,20,21,22). The highest BCUT2D eigenvalue weighted by Gasteiger charge is 2.12. The van der Waals surface area contributed by atoms with Gasteiger partial charge in [0.05, 0.1) is 6.54 Å². The van der Waals surface area contributed by atoms with E-state index < -0.39 is 0 Å². The van der Waals surface area contributed by atoms with Gasteiger partial charge in [0.15, 0.2) is 0 Å². The number of anilines is 1. The molecule has 8 heteroatoms. The smallest absolute Gasteiger partial charge is 0.317 e. The molecule has 8 nitrogen and oxygen atoms in total. The number of amides is 2. The molecule has 3 heterocycles. The first-order chi connectivity index (χ1) is 12.2. The van der Waals surface area contributed by atoms with E-state index in [2.05, 4.69) is 30.4 Å². The molecule has 0 radical (unpaired) electrons. The van der Waals surface area contributed by atoms with E-state index in [9.17, 15) is 4.79 Å². The largest absolute Gasteiger partial charge is 0.357 e. The van der Waals surface area contributed by atoms with Crippen molar-refractivity contribution >= 4 is 11.8 Å². The van der Waals surface area contributed by atoms with Gasteiger partial charge < -0.3 is 15.1 Å². The second kappa shape index (κ2) is 8.46. The average Bonchev–Trinajstić information content (AvgIpc) is 2.99. The fourth-order valence-corrected chi connectivity index (χ4v) is 2.92. The maximum atomic E-state index is 12.1. The lowest BCUT2D eigenvalue weighted by molar-refractivity contribution is 0.205. The van der Waals surface area contributed by atoms with Crippen LogP contribution >= 0.6 is 0 Å². The minimum Gasteiger partial charge on any atom is -0.357 e. The molecule has 0 spiro atoms. The summed E-state index contributed by atoms with van der Waals surface area (Å²) in [7, 11) is 1.72. The minimum atomic E-state index is -0.159. The van der Waals surface area contributed by atoms with Crippen LogP contribution in [0.3, 0.4) is 0 Å². The van der Waals surface area contributed by atoms with E-state index in [1.807, 2.05) is 18.3 Å². The van der Waals surface area contributed by atoms with Crippen molar-refractivity contribution in [3.05, 3.63) is 36.0 Å². The zero-order valence-corrected chi connectivity index (χ0v) is 14.6. The summed E-state index contributed by atoms with van der Waals surface area (Å²) in [6, 6.07) is 3.92. The number of urea groups is 1. The van der Waals surface area contributed by atoms with Crippen molar-refractivity contribution in [1.29, 1.82) is 0 Å². The summed E-state index contributed by atoms with van der Waals surface area (Å²) in [4.78, 5) is 24.6. The molecule has 3 rings (SSSR count). The van der Waals surface area contributed by atoms with E-state index in [0.717, 1.165) is 24.5 Å². The molecule has 2 aromatic rings. The Bertz CT molecular complexity index is 648. The normalized spacial score (nSPS) is 14.8. The highest BCUT2D eigenvalue weighted by atomic mass is 16.2. The molecule has 1 fully saturated rings. The van der Waals surface area contributed by atoms with Gasteiger partial charge in [-0.1, -0.05) is 18.9 Å². The predicted octanol–water partition coefficient (Wildman–Crippen LogP) is 1.92. The van der Waals surface area contributed by atoms with Crippen LogP contribution in [0.4, 0.5) is 10.6 Å². The lowest BCUT2D eigenvalue weighted by atomic mass is 10.2. The number of hydrogen-bond donors (Lipinski definition) is 2. The number of aromatic amines is 1. The maximum absolute atomic E-state index is 12.1. The van der Waals surface area contributed by atoms with Crippen molar-refractivity contribution in [3.63, 3.8) is 0 Å². The van der Waals surface area contributed by atoms with Gasteiger partial charge in [-0.15, -0.1) is 0 Å². The average molecular weight is 343 g/mol.